The Morgan fingerprint density at radius 3 is 1.86 bits per heavy atom. The molecule has 44 valence electrons. The predicted molar refractivity (Wildman–Crippen MR) is 33.4 cm³/mol. The van der Waals surface area contributed by atoms with Crippen LogP contribution in [0.3, 0.4) is 0 Å². The third-order valence-electron chi connectivity index (χ3n) is 0.324. The van der Waals surface area contributed by atoms with Crippen molar-refractivity contribution in [2.45, 2.75) is 3.62 Å². The minimum Gasteiger partial charge on any atom is -0.227 e. The molecule has 0 saturated heterocycles. The van der Waals surface area contributed by atoms with Crippen LogP contribution in [0.1, 0.15) is 0 Å². The minimum atomic E-state index is -3.06. The molecule has 5 heteroatoms. The van der Waals surface area contributed by atoms with Crippen molar-refractivity contribution in [1.82, 2.24) is 0 Å². The van der Waals surface area contributed by atoms with Gasteiger partial charge in [-0.15, -0.1) is 0 Å². The molecule has 0 N–H and O–H groups in total. The van der Waals surface area contributed by atoms with E-state index >= 15 is 0 Å². The summed E-state index contributed by atoms with van der Waals surface area (Å²) in [4.78, 5) is 0. The molecule has 0 aromatic heterocycles. The zero-order chi connectivity index (χ0) is 6.08. The van der Waals surface area contributed by atoms with E-state index in [9.17, 15) is 8.42 Å². The van der Waals surface area contributed by atoms with Gasteiger partial charge in [0, 0.05) is 6.26 Å². The topological polar surface area (TPSA) is 34.1 Å². The highest BCUT2D eigenvalue weighted by Crippen LogP contribution is 2.10. The van der Waals surface area contributed by atoms with Crippen molar-refractivity contribution in [3.05, 3.63) is 0 Å². The average molecular weight is 207 g/mol. The molecule has 0 unspecified atom stereocenters. The number of halogens is 2. The van der Waals surface area contributed by atoms with Gasteiger partial charge < -0.3 is 0 Å². The minimum absolute atomic E-state index is 0.944. The molecule has 0 aliphatic rings. The lowest BCUT2D eigenvalue weighted by molar-refractivity contribution is 0.605. The number of alkyl halides is 2. The molecule has 0 radical (unpaired) electrons. The SMILES string of the molecule is CS(=O)(=O)[C@@H](Cl)Br. The van der Waals surface area contributed by atoms with Crippen molar-refractivity contribution in [3.63, 3.8) is 0 Å². The smallest absolute Gasteiger partial charge is 0.189 e. The van der Waals surface area contributed by atoms with Crippen molar-refractivity contribution >= 4 is 37.4 Å². The fourth-order valence-corrected chi connectivity index (χ4v) is 0. The van der Waals surface area contributed by atoms with Crippen molar-refractivity contribution < 1.29 is 8.42 Å². The highest BCUT2D eigenvalue weighted by atomic mass is 79.9. The van der Waals surface area contributed by atoms with Crippen LogP contribution in [0.25, 0.3) is 0 Å². The zero-order valence-electron chi connectivity index (χ0n) is 3.56. The van der Waals surface area contributed by atoms with Gasteiger partial charge in [0.2, 0.25) is 0 Å². The Morgan fingerprint density at radius 2 is 1.86 bits per heavy atom. The van der Waals surface area contributed by atoms with Gasteiger partial charge in [0.05, 0.1) is 0 Å². The lowest BCUT2D eigenvalue weighted by Crippen LogP contribution is -2.03. The van der Waals surface area contributed by atoms with E-state index < -0.39 is 13.5 Å². The number of sulfone groups is 1. The highest BCUT2D eigenvalue weighted by Gasteiger charge is 2.10. The molecule has 0 fully saturated rings. The molecule has 0 spiro atoms. The summed E-state index contributed by atoms with van der Waals surface area (Å²) in [5, 5.41) is 0. The van der Waals surface area contributed by atoms with Crippen LogP contribution in [0.5, 0.6) is 0 Å². The van der Waals surface area contributed by atoms with Crippen LogP contribution in [0.15, 0.2) is 0 Å². The fraction of sp³-hybridized carbons (Fsp3) is 1.00. The van der Waals surface area contributed by atoms with Gasteiger partial charge in [0.25, 0.3) is 0 Å². The van der Waals surface area contributed by atoms with Gasteiger partial charge >= 0.3 is 0 Å². The highest BCUT2D eigenvalue weighted by molar-refractivity contribution is 9.11. The second-order valence-electron chi connectivity index (χ2n) is 1.09. The summed E-state index contributed by atoms with van der Waals surface area (Å²) < 4.78 is 19.4. The molecule has 2 nitrogen and oxygen atoms in total. The molecule has 0 aromatic rings. The number of hydrogen-bond donors (Lipinski definition) is 0. The Balaban J connectivity index is 4.10. The van der Waals surface area contributed by atoms with Crippen molar-refractivity contribution in [1.29, 1.82) is 0 Å². The monoisotopic (exact) mass is 206 g/mol. The standard InChI is InChI=1S/C2H4BrClO2S/c1-7(5,6)2(3)4/h2H,1H3/t2-/m1/s1. The van der Waals surface area contributed by atoms with Crippen molar-refractivity contribution in [3.8, 4) is 0 Å². The molecule has 0 bridgehead atoms. The molecule has 0 saturated carbocycles. The van der Waals surface area contributed by atoms with Crippen LogP contribution in [0.2, 0.25) is 0 Å². The molecule has 0 amide bonds. The summed E-state index contributed by atoms with van der Waals surface area (Å²) >= 11 is 7.75. The first-order chi connectivity index (χ1) is 2.94. The summed E-state index contributed by atoms with van der Waals surface area (Å²) in [5.41, 5.74) is 0. The van der Waals surface area contributed by atoms with Gasteiger partial charge in [-0.25, -0.2) is 8.42 Å². The second kappa shape index (κ2) is 2.33. The summed E-state index contributed by atoms with van der Waals surface area (Å²) in [5.74, 6) is 0. The molecule has 0 aliphatic carbocycles. The van der Waals surface area contributed by atoms with E-state index in [1.54, 1.807) is 0 Å². The first-order valence-electron chi connectivity index (χ1n) is 1.41. The van der Waals surface area contributed by atoms with Gasteiger partial charge in [-0.3, -0.25) is 0 Å². The van der Waals surface area contributed by atoms with Crippen LogP contribution in [0, 0.1) is 0 Å². The molecule has 7 heavy (non-hydrogen) atoms. The lowest BCUT2D eigenvalue weighted by atomic mass is 11.9. The van der Waals surface area contributed by atoms with Gasteiger partial charge in [-0.05, 0) is 0 Å². The number of rotatable bonds is 1. The van der Waals surface area contributed by atoms with Gasteiger partial charge in [0.1, 0.15) is 0 Å². The quantitative estimate of drug-likeness (QED) is 0.600. The third kappa shape index (κ3) is 3.32. The average Bonchev–Trinajstić information content (AvgIpc) is 1.31. The van der Waals surface area contributed by atoms with Gasteiger partial charge in [0.15, 0.2) is 13.5 Å². The first kappa shape index (κ1) is 7.72. The maximum absolute atomic E-state index is 10.2. The summed E-state index contributed by atoms with van der Waals surface area (Å²) in [6.07, 6.45) is 1.05. The molecular weight excluding hydrogens is 203 g/mol. The van der Waals surface area contributed by atoms with E-state index in [0.29, 0.717) is 0 Å². The van der Waals surface area contributed by atoms with E-state index in [-0.39, 0.29) is 0 Å². The van der Waals surface area contributed by atoms with Crippen molar-refractivity contribution in [2.75, 3.05) is 6.26 Å². The second-order valence-corrected chi connectivity index (χ2v) is 5.96. The van der Waals surface area contributed by atoms with Gasteiger partial charge in [-0.2, -0.15) is 0 Å². The van der Waals surface area contributed by atoms with E-state index in [1.807, 2.05) is 0 Å². The van der Waals surface area contributed by atoms with Crippen LogP contribution < -0.4 is 0 Å². The molecule has 0 aromatic carbocycles. The summed E-state index contributed by atoms with van der Waals surface area (Å²) in [6, 6.07) is 0. The van der Waals surface area contributed by atoms with Crippen LogP contribution >= 0.6 is 27.5 Å². The fourth-order valence-electron chi connectivity index (χ4n) is 0. The Morgan fingerprint density at radius 1 is 1.71 bits per heavy atom. The molecule has 0 rings (SSSR count). The predicted octanol–water partition coefficient (Wildman–Crippen LogP) is 0.948. The Kier molecular flexibility index (Phi) is 2.57. The third-order valence-corrected chi connectivity index (χ3v) is 3.98. The van der Waals surface area contributed by atoms with E-state index in [4.69, 9.17) is 11.6 Å². The van der Waals surface area contributed by atoms with Gasteiger partial charge in [-0.1, -0.05) is 27.5 Å². The normalized spacial score (nSPS) is 16.4. The Hall–Kier alpha value is 0.720. The first-order valence-corrected chi connectivity index (χ1v) is 4.72. The van der Waals surface area contributed by atoms with Crippen LogP contribution in [-0.2, 0) is 9.84 Å². The zero-order valence-corrected chi connectivity index (χ0v) is 6.72. The maximum atomic E-state index is 10.2. The van der Waals surface area contributed by atoms with Crippen LogP contribution in [-0.4, -0.2) is 18.3 Å². The van der Waals surface area contributed by atoms with E-state index in [0.717, 1.165) is 6.26 Å². The molecule has 1 atom stereocenters. The Labute approximate surface area is 55.9 Å². The molecular formula is C2H4BrClO2S. The maximum Gasteiger partial charge on any atom is 0.189 e. The number of hydrogen-bond acceptors (Lipinski definition) is 2. The Bertz CT molecular complexity index is 138. The van der Waals surface area contributed by atoms with E-state index in [2.05, 4.69) is 15.9 Å². The van der Waals surface area contributed by atoms with E-state index in [1.165, 1.54) is 0 Å². The lowest BCUT2D eigenvalue weighted by Gasteiger charge is -1.91. The molecule has 0 heterocycles. The van der Waals surface area contributed by atoms with Crippen LogP contribution in [0.4, 0.5) is 0 Å². The summed E-state index contributed by atoms with van der Waals surface area (Å²) in [6.45, 7) is 0. The summed E-state index contributed by atoms with van der Waals surface area (Å²) in [7, 11) is -3.06. The molecule has 0 aliphatic heterocycles. The van der Waals surface area contributed by atoms with Crippen molar-refractivity contribution in [2.24, 2.45) is 0 Å². The largest absolute Gasteiger partial charge is 0.227 e.